The lowest BCUT2D eigenvalue weighted by molar-refractivity contribution is 0.0693. The van der Waals surface area contributed by atoms with Crippen molar-refractivity contribution in [3.05, 3.63) is 63.6 Å². The molecular formula is C16H11BrN2O3. The van der Waals surface area contributed by atoms with Gasteiger partial charge in [0.05, 0.1) is 16.8 Å². The summed E-state index contributed by atoms with van der Waals surface area (Å²) in [5.41, 5.74) is 1.54. The summed E-state index contributed by atoms with van der Waals surface area (Å²) in [4.78, 5) is 37.1. The number of hydrogen-bond acceptors (Lipinski definition) is 3. The zero-order valence-electron chi connectivity index (χ0n) is 11.6. The molecule has 110 valence electrons. The summed E-state index contributed by atoms with van der Waals surface area (Å²) in [6.45, 7) is 0. The van der Waals surface area contributed by atoms with Crippen LogP contribution < -0.4 is 5.32 Å². The van der Waals surface area contributed by atoms with Crippen molar-refractivity contribution in [3.8, 4) is 0 Å². The molecule has 0 saturated carbocycles. The van der Waals surface area contributed by atoms with Crippen molar-refractivity contribution in [1.29, 1.82) is 0 Å². The number of carbonyl (C=O) groups excluding carboxylic acids is 3. The molecule has 0 fully saturated rings. The molecule has 22 heavy (non-hydrogen) atoms. The van der Waals surface area contributed by atoms with Crippen molar-refractivity contribution in [2.45, 2.75) is 0 Å². The predicted octanol–water partition coefficient (Wildman–Crippen LogP) is 2.93. The van der Waals surface area contributed by atoms with Gasteiger partial charge in [-0.1, -0.05) is 12.1 Å². The standard InChI is InChI=1S/C16H11BrN2O3/c1-19-15(21)10-7-6-9(8-11(10)16(19)22)14(20)18-13-5-3-2-4-12(13)17/h2-8H,1H3,(H,18,20). The molecule has 1 N–H and O–H groups in total. The molecule has 0 unspecified atom stereocenters. The molecule has 2 aromatic carbocycles. The lowest BCUT2D eigenvalue weighted by atomic mass is 10.1. The highest BCUT2D eigenvalue weighted by Crippen LogP contribution is 2.25. The highest BCUT2D eigenvalue weighted by atomic mass is 79.9. The number of imide groups is 1. The Balaban J connectivity index is 1.91. The van der Waals surface area contributed by atoms with Gasteiger partial charge < -0.3 is 5.32 Å². The first kappa shape index (κ1) is 14.5. The summed E-state index contributed by atoms with van der Waals surface area (Å²) < 4.78 is 0.760. The van der Waals surface area contributed by atoms with Crippen LogP contribution in [-0.2, 0) is 0 Å². The van der Waals surface area contributed by atoms with Gasteiger partial charge in [-0.3, -0.25) is 19.3 Å². The number of benzene rings is 2. The van der Waals surface area contributed by atoms with Gasteiger partial charge in [0.2, 0.25) is 0 Å². The van der Waals surface area contributed by atoms with Crippen LogP contribution in [0.5, 0.6) is 0 Å². The van der Waals surface area contributed by atoms with Crippen molar-refractivity contribution in [2.24, 2.45) is 0 Å². The first-order valence-electron chi connectivity index (χ1n) is 6.51. The van der Waals surface area contributed by atoms with Crippen LogP contribution in [0.1, 0.15) is 31.1 Å². The van der Waals surface area contributed by atoms with E-state index in [1.54, 1.807) is 12.1 Å². The molecular weight excluding hydrogens is 348 g/mol. The Morgan fingerprint density at radius 1 is 1.05 bits per heavy atom. The largest absolute Gasteiger partial charge is 0.321 e. The summed E-state index contributed by atoms with van der Waals surface area (Å²) in [5.74, 6) is -1.09. The third-order valence-corrected chi connectivity index (χ3v) is 4.17. The minimum absolute atomic E-state index is 0.257. The molecule has 5 nitrogen and oxygen atoms in total. The fourth-order valence-electron chi connectivity index (χ4n) is 2.26. The van der Waals surface area contributed by atoms with Crippen molar-refractivity contribution in [3.63, 3.8) is 0 Å². The molecule has 0 radical (unpaired) electrons. The first-order chi connectivity index (χ1) is 10.5. The second-order valence-corrected chi connectivity index (χ2v) is 5.72. The fraction of sp³-hybridized carbons (Fsp3) is 0.0625. The molecule has 6 heteroatoms. The zero-order valence-corrected chi connectivity index (χ0v) is 13.2. The Bertz CT molecular complexity index is 817. The van der Waals surface area contributed by atoms with Gasteiger partial charge in [-0.25, -0.2) is 0 Å². The van der Waals surface area contributed by atoms with Crippen LogP contribution in [0.15, 0.2) is 46.9 Å². The van der Waals surface area contributed by atoms with E-state index in [0.717, 1.165) is 9.37 Å². The van der Waals surface area contributed by atoms with Crippen molar-refractivity contribution in [2.75, 3.05) is 12.4 Å². The maximum atomic E-state index is 12.3. The summed E-state index contributed by atoms with van der Waals surface area (Å²) >= 11 is 3.35. The first-order valence-corrected chi connectivity index (χ1v) is 7.30. The third-order valence-electron chi connectivity index (χ3n) is 3.47. The monoisotopic (exact) mass is 358 g/mol. The number of fused-ring (bicyclic) bond motifs is 1. The van der Waals surface area contributed by atoms with Gasteiger partial charge in [0.15, 0.2) is 0 Å². The highest BCUT2D eigenvalue weighted by Gasteiger charge is 2.33. The number of para-hydroxylation sites is 1. The summed E-state index contributed by atoms with van der Waals surface area (Å²) in [6, 6.07) is 11.7. The second-order valence-electron chi connectivity index (χ2n) is 4.86. The molecule has 0 bridgehead atoms. The Hall–Kier alpha value is -2.47. The van der Waals surface area contributed by atoms with E-state index in [1.165, 1.54) is 25.2 Å². The number of halogens is 1. The van der Waals surface area contributed by atoms with E-state index in [-0.39, 0.29) is 17.4 Å². The van der Waals surface area contributed by atoms with Gasteiger partial charge in [0, 0.05) is 17.1 Å². The minimum Gasteiger partial charge on any atom is -0.321 e. The van der Waals surface area contributed by atoms with E-state index < -0.39 is 5.91 Å². The van der Waals surface area contributed by atoms with Gasteiger partial charge in [0.1, 0.15) is 0 Å². The zero-order chi connectivity index (χ0) is 15.9. The third kappa shape index (κ3) is 2.31. The molecule has 0 aromatic heterocycles. The molecule has 0 spiro atoms. The van der Waals surface area contributed by atoms with Crippen LogP contribution in [0.3, 0.4) is 0 Å². The average molecular weight is 359 g/mol. The molecule has 0 atom stereocenters. The number of carbonyl (C=O) groups is 3. The number of rotatable bonds is 2. The Kier molecular flexibility index (Phi) is 3.54. The summed E-state index contributed by atoms with van der Waals surface area (Å²) in [6.07, 6.45) is 0. The molecule has 0 aliphatic carbocycles. The van der Waals surface area contributed by atoms with E-state index >= 15 is 0 Å². The average Bonchev–Trinajstić information content (AvgIpc) is 2.74. The number of nitrogens with zero attached hydrogens (tertiary/aromatic N) is 1. The lowest BCUT2D eigenvalue weighted by Crippen LogP contribution is -2.24. The van der Waals surface area contributed by atoms with E-state index in [4.69, 9.17) is 0 Å². The van der Waals surface area contributed by atoms with Crippen LogP contribution in [0.25, 0.3) is 0 Å². The number of hydrogen-bond donors (Lipinski definition) is 1. The summed E-state index contributed by atoms with van der Waals surface area (Å²) in [7, 11) is 1.42. The quantitative estimate of drug-likeness (QED) is 0.839. The van der Waals surface area contributed by atoms with E-state index in [1.807, 2.05) is 12.1 Å². The highest BCUT2D eigenvalue weighted by molar-refractivity contribution is 9.10. The van der Waals surface area contributed by atoms with Crippen LogP contribution in [0.4, 0.5) is 5.69 Å². The molecule has 0 saturated heterocycles. The van der Waals surface area contributed by atoms with Gasteiger partial charge in [0.25, 0.3) is 17.7 Å². The van der Waals surface area contributed by atoms with Crippen LogP contribution in [0.2, 0.25) is 0 Å². The van der Waals surface area contributed by atoms with E-state index in [9.17, 15) is 14.4 Å². The van der Waals surface area contributed by atoms with Crippen LogP contribution in [0, 0.1) is 0 Å². The predicted molar refractivity (Wildman–Crippen MR) is 85.0 cm³/mol. The molecule has 1 aliphatic rings. The molecule has 1 heterocycles. The van der Waals surface area contributed by atoms with Gasteiger partial charge >= 0.3 is 0 Å². The van der Waals surface area contributed by atoms with Crippen molar-refractivity contribution >= 4 is 39.3 Å². The SMILES string of the molecule is CN1C(=O)c2ccc(C(=O)Nc3ccccc3Br)cc2C1=O. The number of nitrogens with one attached hydrogen (secondary N) is 1. The van der Waals surface area contributed by atoms with Gasteiger partial charge in [-0.05, 0) is 46.3 Å². The number of anilines is 1. The van der Waals surface area contributed by atoms with Crippen molar-refractivity contribution in [1.82, 2.24) is 4.90 Å². The Labute approximate surface area is 135 Å². The normalized spacial score (nSPS) is 13.3. The van der Waals surface area contributed by atoms with Crippen molar-refractivity contribution < 1.29 is 14.4 Å². The van der Waals surface area contributed by atoms with Crippen LogP contribution in [-0.4, -0.2) is 29.7 Å². The topological polar surface area (TPSA) is 66.5 Å². The summed E-state index contributed by atoms with van der Waals surface area (Å²) in [5, 5.41) is 2.76. The number of amides is 3. The Morgan fingerprint density at radius 2 is 1.73 bits per heavy atom. The lowest BCUT2D eigenvalue weighted by Gasteiger charge is -2.07. The molecule has 1 aliphatic heterocycles. The maximum absolute atomic E-state index is 12.3. The van der Waals surface area contributed by atoms with Gasteiger partial charge in [-0.15, -0.1) is 0 Å². The second kappa shape index (κ2) is 5.38. The van der Waals surface area contributed by atoms with Crippen LogP contribution >= 0.6 is 15.9 Å². The fourth-order valence-corrected chi connectivity index (χ4v) is 2.64. The maximum Gasteiger partial charge on any atom is 0.261 e. The molecule has 3 rings (SSSR count). The van der Waals surface area contributed by atoms with E-state index in [0.29, 0.717) is 16.8 Å². The minimum atomic E-state index is -0.393. The van der Waals surface area contributed by atoms with Gasteiger partial charge in [-0.2, -0.15) is 0 Å². The molecule has 2 aromatic rings. The Morgan fingerprint density at radius 3 is 2.45 bits per heavy atom. The molecule has 3 amide bonds. The van der Waals surface area contributed by atoms with E-state index in [2.05, 4.69) is 21.2 Å². The smallest absolute Gasteiger partial charge is 0.261 e.